The maximum absolute atomic E-state index is 12.0. The zero-order valence-electron chi connectivity index (χ0n) is 9.40. The Morgan fingerprint density at radius 1 is 1.24 bits per heavy atom. The van der Waals surface area contributed by atoms with Crippen LogP contribution in [-0.4, -0.2) is 24.9 Å². The van der Waals surface area contributed by atoms with Crippen LogP contribution in [0.25, 0.3) is 0 Å². The highest BCUT2D eigenvalue weighted by Gasteiger charge is 2.57. The van der Waals surface area contributed by atoms with Gasteiger partial charge >= 0.3 is 0 Å². The molecule has 2 aliphatic heterocycles. The van der Waals surface area contributed by atoms with Gasteiger partial charge in [0.25, 0.3) is 0 Å². The lowest BCUT2D eigenvalue weighted by Crippen LogP contribution is -2.38. The third-order valence-electron chi connectivity index (χ3n) is 3.82. The van der Waals surface area contributed by atoms with Gasteiger partial charge < -0.3 is 5.32 Å². The number of hydrogen-bond acceptors (Lipinski definition) is 3. The highest BCUT2D eigenvalue weighted by molar-refractivity contribution is 6.08. The summed E-state index contributed by atoms with van der Waals surface area (Å²) in [6.07, 6.45) is 0.628. The van der Waals surface area contributed by atoms with Crippen LogP contribution in [0.4, 0.5) is 0 Å². The van der Waals surface area contributed by atoms with E-state index in [0.29, 0.717) is 19.5 Å². The van der Waals surface area contributed by atoms with Crippen LogP contribution < -0.4 is 10.6 Å². The van der Waals surface area contributed by atoms with Crippen molar-refractivity contribution in [2.24, 2.45) is 11.3 Å². The molecule has 0 aliphatic carbocycles. The van der Waals surface area contributed by atoms with Gasteiger partial charge in [0.2, 0.25) is 11.8 Å². The van der Waals surface area contributed by atoms with Crippen molar-refractivity contribution in [3.8, 4) is 0 Å². The minimum absolute atomic E-state index is 0.124. The van der Waals surface area contributed by atoms with Crippen LogP contribution >= 0.6 is 0 Å². The Morgan fingerprint density at radius 3 is 2.76 bits per heavy atom. The summed E-state index contributed by atoms with van der Waals surface area (Å²) in [5.74, 6) is -0.465. The van der Waals surface area contributed by atoms with E-state index in [-0.39, 0.29) is 17.7 Å². The fourth-order valence-corrected chi connectivity index (χ4v) is 2.89. The van der Waals surface area contributed by atoms with Crippen molar-refractivity contribution in [1.29, 1.82) is 0 Å². The lowest BCUT2D eigenvalue weighted by atomic mass is 9.75. The second-order valence-electron chi connectivity index (χ2n) is 4.82. The number of imide groups is 1. The summed E-state index contributed by atoms with van der Waals surface area (Å²) in [4.78, 5) is 23.7. The Morgan fingerprint density at radius 2 is 2.00 bits per heavy atom. The Balaban J connectivity index is 1.94. The number of hydrogen-bond donors (Lipinski definition) is 2. The van der Waals surface area contributed by atoms with Crippen LogP contribution in [0.1, 0.15) is 5.56 Å². The topological polar surface area (TPSA) is 58.2 Å². The minimum atomic E-state index is -0.571. The molecule has 3 rings (SSSR count). The Bertz CT molecular complexity index is 472. The average Bonchev–Trinajstić information content (AvgIpc) is 2.83. The molecule has 2 heterocycles. The van der Waals surface area contributed by atoms with Crippen molar-refractivity contribution in [3.63, 3.8) is 0 Å². The van der Waals surface area contributed by atoms with Crippen LogP contribution in [0.3, 0.4) is 0 Å². The van der Waals surface area contributed by atoms with E-state index in [2.05, 4.69) is 10.6 Å². The third kappa shape index (κ3) is 1.48. The number of carbonyl (C=O) groups excluding carboxylic acids is 2. The molecule has 0 bridgehead atoms. The predicted octanol–water partition coefficient (Wildman–Crippen LogP) is 0.0913. The number of nitrogens with one attached hydrogen (secondary N) is 2. The van der Waals surface area contributed by atoms with Gasteiger partial charge in [-0.15, -0.1) is 0 Å². The quantitative estimate of drug-likeness (QED) is 0.708. The molecule has 4 nitrogen and oxygen atoms in total. The molecule has 0 saturated carbocycles. The molecule has 2 N–H and O–H groups in total. The predicted molar refractivity (Wildman–Crippen MR) is 62.1 cm³/mol. The molecule has 2 saturated heterocycles. The van der Waals surface area contributed by atoms with Crippen molar-refractivity contribution >= 4 is 11.8 Å². The summed E-state index contributed by atoms with van der Waals surface area (Å²) in [6.45, 7) is 1.19. The van der Waals surface area contributed by atoms with Gasteiger partial charge in [0.1, 0.15) is 0 Å². The second-order valence-corrected chi connectivity index (χ2v) is 4.82. The van der Waals surface area contributed by atoms with Gasteiger partial charge in [-0.25, -0.2) is 0 Å². The summed E-state index contributed by atoms with van der Waals surface area (Å²) >= 11 is 0. The zero-order valence-corrected chi connectivity index (χ0v) is 9.40. The van der Waals surface area contributed by atoms with Gasteiger partial charge in [0.05, 0.1) is 11.3 Å². The first-order valence-electron chi connectivity index (χ1n) is 5.82. The summed E-state index contributed by atoms with van der Waals surface area (Å²) < 4.78 is 0. The van der Waals surface area contributed by atoms with Crippen molar-refractivity contribution in [1.82, 2.24) is 10.6 Å². The molecule has 1 aromatic carbocycles. The van der Waals surface area contributed by atoms with E-state index >= 15 is 0 Å². The van der Waals surface area contributed by atoms with E-state index in [1.807, 2.05) is 30.3 Å². The van der Waals surface area contributed by atoms with Crippen LogP contribution in [0.15, 0.2) is 30.3 Å². The van der Waals surface area contributed by atoms with Gasteiger partial charge in [0.15, 0.2) is 0 Å². The standard InChI is InChI=1S/C13H14N2O2/c16-11-10-7-14-8-13(10,12(17)15-11)6-9-4-2-1-3-5-9/h1-5,10,14H,6-8H2,(H,15,16,17). The fourth-order valence-electron chi connectivity index (χ4n) is 2.89. The van der Waals surface area contributed by atoms with Gasteiger partial charge in [0, 0.05) is 13.1 Å². The van der Waals surface area contributed by atoms with Gasteiger partial charge in [-0.3, -0.25) is 14.9 Å². The highest BCUT2D eigenvalue weighted by atomic mass is 16.2. The molecule has 0 aromatic heterocycles. The minimum Gasteiger partial charge on any atom is -0.315 e. The Kier molecular flexibility index (Phi) is 2.26. The molecule has 2 unspecified atom stereocenters. The van der Waals surface area contributed by atoms with Crippen LogP contribution in [0.2, 0.25) is 0 Å². The van der Waals surface area contributed by atoms with Crippen molar-refractivity contribution < 1.29 is 9.59 Å². The lowest BCUT2D eigenvalue weighted by Gasteiger charge is -2.23. The lowest BCUT2D eigenvalue weighted by molar-refractivity contribution is -0.128. The van der Waals surface area contributed by atoms with Crippen molar-refractivity contribution in [3.05, 3.63) is 35.9 Å². The molecule has 2 fully saturated rings. The van der Waals surface area contributed by atoms with Gasteiger partial charge in [-0.2, -0.15) is 0 Å². The molecular formula is C13H14N2O2. The molecule has 2 amide bonds. The third-order valence-corrected chi connectivity index (χ3v) is 3.82. The van der Waals surface area contributed by atoms with E-state index in [0.717, 1.165) is 5.56 Å². The number of benzene rings is 1. The first-order chi connectivity index (χ1) is 8.22. The molecule has 2 aliphatic rings. The summed E-state index contributed by atoms with van der Waals surface area (Å²) in [5.41, 5.74) is 0.532. The highest BCUT2D eigenvalue weighted by Crippen LogP contribution is 2.39. The largest absolute Gasteiger partial charge is 0.315 e. The maximum atomic E-state index is 12.0. The molecule has 1 aromatic rings. The molecule has 88 valence electrons. The Hall–Kier alpha value is -1.68. The van der Waals surface area contributed by atoms with Gasteiger partial charge in [-0.1, -0.05) is 30.3 Å². The van der Waals surface area contributed by atoms with Crippen LogP contribution in [-0.2, 0) is 16.0 Å². The number of fused-ring (bicyclic) bond motifs is 1. The number of rotatable bonds is 2. The Labute approximate surface area is 99.4 Å². The summed E-state index contributed by atoms with van der Waals surface area (Å²) in [5, 5.41) is 5.63. The molecule has 0 spiro atoms. The summed E-state index contributed by atoms with van der Waals surface area (Å²) in [6, 6.07) is 9.86. The maximum Gasteiger partial charge on any atom is 0.235 e. The van der Waals surface area contributed by atoms with Crippen molar-refractivity contribution in [2.45, 2.75) is 6.42 Å². The SMILES string of the molecule is O=C1NC(=O)C2(Cc3ccccc3)CNCC12. The normalized spacial score (nSPS) is 31.4. The average molecular weight is 230 g/mol. The zero-order chi connectivity index (χ0) is 11.9. The monoisotopic (exact) mass is 230 g/mol. The first kappa shape index (κ1) is 10.5. The van der Waals surface area contributed by atoms with E-state index < -0.39 is 5.41 Å². The van der Waals surface area contributed by atoms with E-state index in [9.17, 15) is 9.59 Å². The molecular weight excluding hydrogens is 216 g/mol. The number of carbonyl (C=O) groups is 2. The van der Waals surface area contributed by atoms with Crippen LogP contribution in [0.5, 0.6) is 0 Å². The van der Waals surface area contributed by atoms with Crippen LogP contribution in [0, 0.1) is 11.3 Å². The van der Waals surface area contributed by atoms with Gasteiger partial charge in [-0.05, 0) is 12.0 Å². The van der Waals surface area contributed by atoms with E-state index in [1.165, 1.54) is 0 Å². The summed E-state index contributed by atoms with van der Waals surface area (Å²) in [7, 11) is 0. The molecule has 2 atom stereocenters. The van der Waals surface area contributed by atoms with E-state index in [1.54, 1.807) is 0 Å². The van der Waals surface area contributed by atoms with E-state index in [4.69, 9.17) is 0 Å². The second kappa shape index (κ2) is 3.67. The number of amides is 2. The first-order valence-corrected chi connectivity index (χ1v) is 5.82. The fraction of sp³-hybridized carbons (Fsp3) is 0.385. The molecule has 0 radical (unpaired) electrons. The molecule has 4 heteroatoms. The smallest absolute Gasteiger partial charge is 0.235 e. The molecule has 17 heavy (non-hydrogen) atoms. The van der Waals surface area contributed by atoms with Crippen molar-refractivity contribution in [2.75, 3.05) is 13.1 Å².